The van der Waals surface area contributed by atoms with Gasteiger partial charge in [-0.05, 0) is 29.8 Å². The van der Waals surface area contributed by atoms with Crippen LogP contribution >= 0.6 is 24.0 Å². The fourth-order valence-electron chi connectivity index (χ4n) is 3.13. The lowest BCUT2D eigenvalue weighted by Crippen LogP contribution is -2.36. The largest absolute Gasteiger partial charge is 0.364 e. The van der Waals surface area contributed by atoms with Crippen molar-refractivity contribution >= 4 is 41.3 Å². The molecule has 2 N–H and O–H groups in total. The summed E-state index contributed by atoms with van der Waals surface area (Å²) in [6.07, 6.45) is 6.36. The molecule has 0 aliphatic carbocycles. The molecule has 0 saturated carbocycles. The predicted molar refractivity (Wildman–Crippen MR) is 123 cm³/mol. The number of halogens is 1. The van der Waals surface area contributed by atoms with Crippen LogP contribution in [0.3, 0.4) is 0 Å². The van der Waals surface area contributed by atoms with Crippen LogP contribution in [0.25, 0.3) is 5.65 Å². The minimum absolute atomic E-state index is 0. The van der Waals surface area contributed by atoms with Crippen LogP contribution in [0.4, 0.5) is 5.69 Å². The smallest absolute Gasteiger partial charge is 0.191 e. The molecule has 1 aliphatic heterocycles. The number of anilines is 1. The van der Waals surface area contributed by atoms with E-state index >= 15 is 0 Å². The van der Waals surface area contributed by atoms with Gasteiger partial charge in [0, 0.05) is 38.6 Å². The van der Waals surface area contributed by atoms with E-state index in [4.69, 9.17) is 0 Å². The highest BCUT2D eigenvalue weighted by Gasteiger charge is 2.09. The van der Waals surface area contributed by atoms with Crippen molar-refractivity contribution in [3.63, 3.8) is 0 Å². The molecule has 7 nitrogen and oxygen atoms in total. The standard InChI is InChI=1S/C20H23N7.HI/c1-21-20(23-15-19-25-24-18-9-2-3-12-27(18)19)22-14-16-7-6-8-17(13-16)26-10-4-5-11-26;/h2-9,12-13H,10-11,14-15H2,1H3,(H2,21,22,23);1H. The maximum atomic E-state index is 4.30. The highest BCUT2D eigenvalue weighted by molar-refractivity contribution is 14.0. The van der Waals surface area contributed by atoms with Gasteiger partial charge in [-0.3, -0.25) is 9.39 Å². The summed E-state index contributed by atoms with van der Waals surface area (Å²) in [5, 5.41) is 15.1. The summed E-state index contributed by atoms with van der Waals surface area (Å²) in [6, 6.07) is 14.5. The van der Waals surface area contributed by atoms with E-state index in [1.807, 2.05) is 28.8 Å². The number of hydrogen-bond donors (Lipinski definition) is 2. The van der Waals surface area contributed by atoms with E-state index in [1.54, 1.807) is 7.05 Å². The normalized spacial score (nSPS) is 13.6. The van der Waals surface area contributed by atoms with Crippen molar-refractivity contribution in [1.82, 2.24) is 25.2 Å². The van der Waals surface area contributed by atoms with E-state index < -0.39 is 0 Å². The highest BCUT2D eigenvalue weighted by atomic mass is 127. The van der Waals surface area contributed by atoms with Gasteiger partial charge in [-0.2, -0.15) is 0 Å². The molecule has 0 fully saturated rings. The van der Waals surface area contributed by atoms with E-state index in [0.717, 1.165) is 30.5 Å². The second-order valence-corrected chi connectivity index (χ2v) is 6.37. The average molecular weight is 489 g/mol. The van der Waals surface area contributed by atoms with E-state index in [2.05, 4.69) is 67.1 Å². The van der Waals surface area contributed by atoms with Gasteiger partial charge in [-0.25, -0.2) is 0 Å². The monoisotopic (exact) mass is 489 g/mol. The number of fused-ring (bicyclic) bond motifs is 1. The van der Waals surface area contributed by atoms with Crippen LogP contribution in [0.2, 0.25) is 0 Å². The van der Waals surface area contributed by atoms with Crippen molar-refractivity contribution in [3.05, 3.63) is 72.2 Å². The Morgan fingerprint density at radius 1 is 1.04 bits per heavy atom. The average Bonchev–Trinajstić information content (AvgIpc) is 3.39. The van der Waals surface area contributed by atoms with Gasteiger partial charge < -0.3 is 15.5 Å². The summed E-state index contributed by atoms with van der Waals surface area (Å²) in [5.41, 5.74) is 3.30. The molecule has 8 heteroatoms. The van der Waals surface area contributed by atoms with Gasteiger partial charge in [0.25, 0.3) is 0 Å². The van der Waals surface area contributed by atoms with Crippen LogP contribution in [-0.4, -0.2) is 40.7 Å². The second kappa shape index (κ2) is 9.54. The molecule has 0 amide bonds. The Labute approximate surface area is 181 Å². The molecule has 1 aliphatic rings. The fraction of sp³-hybridized carbons (Fsp3) is 0.250. The molecule has 2 aromatic heterocycles. The van der Waals surface area contributed by atoms with E-state index in [-0.39, 0.29) is 24.0 Å². The molecule has 1 aromatic carbocycles. The second-order valence-electron chi connectivity index (χ2n) is 6.37. The first-order valence-electron chi connectivity index (χ1n) is 9.05. The summed E-state index contributed by atoms with van der Waals surface area (Å²) in [5.74, 6) is 1.58. The first kappa shape index (κ1) is 20.1. The van der Waals surface area contributed by atoms with Crippen LogP contribution in [0.5, 0.6) is 0 Å². The fourth-order valence-corrected chi connectivity index (χ4v) is 3.13. The number of hydrogen-bond acceptors (Lipinski definition) is 4. The third-order valence-corrected chi connectivity index (χ3v) is 4.58. The Bertz CT molecular complexity index is 971. The van der Waals surface area contributed by atoms with Gasteiger partial charge in [0.2, 0.25) is 0 Å². The number of nitrogens with zero attached hydrogens (tertiary/aromatic N) is 5. The van der Waals surface area contributed by atoms with Gasteiger partial charge in [0.15, 0.2) is 17.4 Å². The van der Waals surface area contributed by atoms with Crippen molar-refractivity contribution in [2.75, 3.05) is 25.0 Å². The molecule has 0 bridgehead atoms. The predicted octanol–water partition coefficient (Wildman–Crippen LogP) is 2.59. The molecule has 146 valence electrons. The van der Waals surface area contributed by atoms with E-state index in [1.165, 1.54) is 11.3 Å². The number of pyridine rings is 1. The van der Waals surface area contributed by atoms with Crippen molar-refractivity contribution in [2.24, 2.45) is 4.99 Å². The number of rotatable bonds is 5. The molecule has 28 heavy (non-hydrogen) atoms. The van der Waals surface area contributed by atoms with Crippen LogP contribution < -0.4 is 15.5 Å². The Morgan fingerprint density at radius 3 is 2.68 bits per heavy atom. The summed E-state index contributed by atoms with van der Waals surface area (Å²) in [7, 11) is 1.77. The van der Waals surface area contributed by atoms with Gasteiger partial charge in [-0.15, -0.1) is 34.2 Å². The van der Waals surface area contributed by atoms with Crippen LogP contribution in [0.15, 0.2) is 65.8 Å². The topological polar surface area (TPSA) is 69.8 Å². The lowest BCUT2D eigenvalue weighted by molar-refractivity contribution is 0.762. The summed E-state index contributed by atoms with van der Waals surface area (Å²) in [6.45, 7) is 3.21. The number of guanidine groups is 1. The summed E-state index contributed by atoms with van der Waals surface area (Å²) >= 11 is 0. The number of aromatic nitrogens is 3. The first-order chi connectivity index (χ1) is 13.3. The molecule has 0 radical (unpaired) electrons. The molecule has 0 spiro atoms. The van der Waals surface area contributed by atoms with Gasteiger partial charge in [0.1, 0.15) is 0 Å². The molecule has 3 heterocycles. The van der Waals surface area contributed by atoms with Gasteiger partial charge in [0.05, 0.1) is 6.54 Å². The maximum absolute atomic E-state index is 4.30. The Morgan fingerprint density at radius 2 is 1.86 bits per heavy atom. The number of nitrogens with one attached hydrogen (secondary N) is 2. The van der Waals surface area contributed by atoms with Crippen molar-refractivity contribution in [3.8, 4) is 0 Å². The lowest BCUT2D eigenvalue weighted by Gasteiger charge is -2.19. The first-order valence-corrected chi connectivity index (χ1v) is 9.05. The SMILES string of the molecule is CN=C(NCc1cccc(N2CC=CC2)c1)NCc1nnc2ccccn12.I. The zero-order chi connectivity index (χ0) is 18.5. The maximum Gasteiger partial charge on any atom is 0.191 e. The van der Waals surface area contributed by atoms with Crippen LogP contribution in [0, 0.1) is 0 Å². The lowest BCUT2D eigenvalue weighted by atomic mass is 10.2. The molecular formula is C20H24IN7. The Hall–Kier alpha value is -2.62. The third kappa shape index (κ3) is 4.61. The molecule has 4 rings (SSSR count). The van der Waals surface area contributed by atoms with Crippen molar-refractivity contribution in [1.29, 1.82) is 0 Å². The molecule has 3 aromatic rings. The summed E-state index contributed by atoms with van der Waals surface area (Å²) < 4.78 is 1.97. The van der Waals surface area contributed by atoms with Crippen LogP contribution in [-0.2, 0) is 13.1 Å². The Balaban J connectivity index is 0.00000225. The third-order valence-electron chi connectivity index (χ3n) is 4.58. The van der Waals surface area contributed by atoms with Gasteiger partial charge >= 0.3 is 0 Å². The summed E-state index contributed by atoms with van der Waals surface area (Å²) in [4.78, 5) is 6.64. The minimum Gasteiger partial charge on any atom is -0.364 e. The van der Waals surface area contributed by atoms with Gasteiger partial charge in [-0.1, -0.05) is 30.4 Å². The van der Waals surface area contributed by atoms with Crippen molar-refractivity contribution in [2.45, 2.75) is 13.1 Å². The molecule has 0 unspecified atom stereocenters. The van der Waals surface area contributed by atoms with E-state index in [9.17, 15) is 0 Å². The van der Waals surface area contributed by atoms with E-state index in [0.29, 0.717) is 13.1 Å². The quantitative estimate of drug-likeness (QED) is 0.250. The number of benzene rings is 1. The molecule has 0 saturated heterocycles. The van der Waals surface area contributed by atoms with Crippen LogP contribution in [0.1, 0.15) is 11.4 Å². The zero-order valence-corrected chi connectivity index (χ0v) is 18.1. The molecule has 0 atom stereocenters. The van der Waals surface area contributed by atoms with Crippen molar-refractivity contribution < 1.29 is 0 Å². The molecular weight excluding hydrogens is 465 g/mol. The Kier molecular flexibility index (Phi) is 6.85. The highest BCUT2D eigenvalue weighted by Crippen LogP contribution is 2.18. The minimum atomic E-state index is 0. The zero-order valence-electron chi connectivity index (χ0n) is 15.7. The number of aliphatic imine (C=N–C) groups is 1.